The molecule has 0 saturated carbocycles. The number of carbonyl (C=O) groups is 1. The van der Waals surface area contributed by atoms with Crippen molar-refractivity contribution in [3.05, 3.63) is 24.2 Å². The van der Waals surface area contributed by atoms with Gasteiger partial charge in [-0.05, 0) is 19.1 Å². The average molecular weight is 231 g/mol. The van der Waals surface area contributed by atoms with Gasteiger partial charge in [0.15, 0.2) is 9.84 Å². The van der Waals surface area contributed by atoms with E-state index in [1.54, 1.807) is 12.1 Å². The summed E-state index contributed by atoms with van der Waals surface area (Å²) in [6, 6.07) is 3.40. The smallest absolute Gasteiger partial charge is 0.238 e. The highest BCUT2D eigenvalue weighted by Crippen LogP contribution is 2.01. The van der Waals surface area contributed by atoms with Crippen LogP contribution in [0.15, 0.2) is 22.8 Å². The van der Waals surface area contributed by atoms with Gasteiger partial charge in [0, 0.05) is 6.26 Å². The first-order valence-corrected chi connectivity index (χ1v) is 6.35. The Morgan fingerprint density at radius 2 is 2.27 bits per heavy atom. The lowest BCUT2D eigenvalue weighted by Crippen LogP contribution is -2.36. The molecule has 0 aliphatic rings. The Bertz CT molecular complexity index is 421. The lowest BCUT2D eigenvalue weighted by molar-refractivity contribution is -0.120. The van der Waals surface area contributed by atoms with Gasteiger partial charge in [-0.3, -0.25) is 4.79 Å². The predicted molar refractivity (Wildman–Crippen MR) is 54.9 cm³/mol. The number of rotatable bonds is 4. The lowest BCUT2D eigenvalue weighted by Gasteiger charge is -2.08. The normalized spacial score (nSPS) is 13.5. The minimum atomic E-state index is -3.34. The van der Waals surface area contributed by atoms with Crippen LogP contribution in [0.3, 0.4) is 0 Å². The highest BCUT2D eigenvalue weighted by atomic mass is 32.2. The minimum absolute atomic E-state index is 0.200. The van der Waals surface area contributed by atoms with Gasteiger partial charge in [0.05, 0.1) is 12.8 Å². The summed E-state index contributed by atoms with van der Waals surface area (Å²) in [7, 11) is -3.34. The van der Waals surface area contributed by atoms with Crippen molar-refractivity contribution in [2.75, 3.05) is 6.26 Å². The van der Waals surface area contributed by atoms with Crippen molar-refractivity contribution < 1.29 is 17.6 Å². The van der Waals surface area contributed by atoms with E-state index < -0.39 is 21.0 Å². The Balaban J connectivity index is 2.50. The highest BCUT2D eigenvalue weighted by molar-refractivity contribution is 7.92. The Hall–Kier alpha value is -1.30. The van der Waals surface area contributed by atoms with Gasteiger partial charge < -0.3 is 9.73 Å². The van der Waals surface area contributed by atoms with E-state index in [0.717, 1.165) is 6.26 Å². The van der Waals surface area contributed by atoms with E-state index in [1.807, 2.05) is 0 Å². The molecule has 0 aromatic carbocycles. The van der Waals surface area contributed by atoms with Crippen LogP contribution in [0.4, 0.5) is 0 Å². The number of hydrogen-bond acceptors (Lipinski definition) is 4. The topological polar surface area (TPSA) is 76.4 Å². The summed E-state index contributed by atoms with van der Waals surface area (Å²) >= 11 is 0. The molecule has 84 valence electrons. The molecule has 1 aromatic rings. The summed E-state index contributed by atoms with van der Waals surface area (Å²) < 4.78 is 27.1. The molecule has 0 bridgehead atoms. The quantitative estimate of drug-likeness (QED) is 0.810. The van der Waals surface area contributed by atoms with Gasteiger partial charge >= 0.3 is 0 Å². The zero-order valence-electron chi connectivity index (χ0n) is 8.56. The summed E-state index contributed by atoms with van der Waals surface area (Å²) in [5.41, 5.74) is 0. The molecule has 1 aromatic heterocycles. The van der Waals surface area contributed by atoms with Crippen LogP contribution in [0.5, 0.6) is 0 Å². The first-order valence-electron chi connectivity index (χ1n) is 4.40. The molecule has 1 heterocycles. The number of nitrogens with one attached hydrogen (secondary N) is 1. The maximum Gasteiger partial charge on any atom is 0.238 e. The van der Waals surface area contributed by atoms with Crippen molar-refractivity contribution in [2.24, 2.45) is 0 Å². The SMILES string of the molecule is C[C@@H](C(=O)NCc1ccco1)S(C)(=O)=O. The minimum Gasteiger partial charge on any atom is -0.467 e. The average Bonchev–Trinajstić information content (AvgIpc) is 2.63. The van der Waals surface area contributed by atoms with Gasteiger partial charge in [-0.15, -0.1) is 0 Å². The van der Waals surface area contributed by atoms with Crippen LogP contribution in [0.25, 0.3) is 0 Å². The molecule has 1 amide bonds. The molecule has 0 radical (unpaired) electrons. The third kappa shape index (κ3) is 3.39. The summed E-state index contributed by atoms with van der Waals surface area (Å²) in [4.78, 5) is 11.4. The molecule has 1 atom stereocenters. The van der Waals surface area contributed by atoms with Crippen LogP contribution >= 0.6 is 0 Å². The second kappa shape index (κ2) is 4.48. The molecule has 1 N–H and O–H groups in total. The van der Waals surface area contributed by atoms with Crippen molar-refractivity contribution in [1.29, 1.82) is 0 Å². The zero-order valence-corrected chi connectivity index (χ0v) is 9.37. The van der Waals surface area contributed by atoms with E-state index in [0.29, 0.717) is 5.76 Å². The summed E-state index contributed by atoms with van der Waals surface area (Å²) in [5, 5.41) is 1.44. The van der Waals surface area contributed by atoms with Gasteiger partial charge in [0.25, 0.3) is 0 Å². The molecule has 1 rings (SSSR count). The second-order valence-corrected chi connectivity index (χ2v) is 5.64. The molecular formula is C9H13NO4S. The van der Waals surface area contributed by atoms with Gasteiger partial charge in [0.1, 0.15) is 11.0 Å². The Kier molecular flexibility index (Phi) is 3.52. The predicted octanol–water partition coefficient (Wildman–Crippen LogP) is 0.329. The number of furan rings is 1. The molecule has 0 unspecified atom stereocenters. The van der Waals surface area contributed by atoms with E-state index in [-0.39, 0.29) is 6.54 Å². The Labute approximate surface area is 88.4 Å². The zero-order chi connectivity index (χ0) is 11.5. The van der Waals surface area contributed by atoms with Crippen molar-refractivity contribution in [3.8, 4) is 0 Å². The van der Waals surface area contributed by atoms with Crippen molar-refractivity contribution in [1.82, 2.24) is 5.32 Å². The van der Waals surface area contributed by atoms with Crippen LogP contribution in [0, 0.1) is 0 Å². The summed E-state index contributed by atoms with van der Waals surface area (Å²) in [6.07, 6.45) is 2.52. The van der Waals surface area contributed by atoms with E-state index in [9.17, 15) is 13.2 Å². The summed E-state index contributed by atoms with van der Waals surface area (Å²) in [6.45, 7) is 1.55. The van der Waals surface area contributed by atoms with Crippen LogP contribution in [-0.2, 0) is 21.2 Å². The molecular weight excluding hydrogens is 218 g/mol. The van der Waals surface area contributed by atoms with Crippen LogP contribution in [0.2, 0.25) is 0 Å². The first kappa shape index (κ1) is 11.8. The molecule has 6 heteroatoms. The summed E-state index contributed by atoms with van der Waals surface area (Å²) in [5.74, 6) is 0.0675. The van der Waals surface area contributed by atoms with Gasteiger partial charge in [-0.1, -0.05) is 0 Å². The van der Waals surface area contributed by atoms with Gasteiger partial charge in [-0.2, -0.15) is 0 Å². The fourth-order valence-electron chi connectivity index (χ4n) is 0.926. The second-order valence-electron chi connectivity index (χ2n) is 3.27. The van der Waals surface area contributed by atoms with E-state index in [2.05, 4.69) is 5.32 Å². The number of carbonyl (C=O) groups excluding carboxylic acids is 1. The van der Waals surface area contributed by atoms with Crippen molar-refractivity contribution in [2.45, 2.75) is 18.7 Å². The lowest BCUT2D eigenvalue weighted by atomic mass is 10.4. The molecule has 0 spiro atoms. The van der Waals surface area contributed by atoms with Crippen molar-refractivity contribution in [3.63, 3.8) is 0 Å². The molecule has 0 fully saturated rings. The number of hydrogen-bond donors (Lipinski definition) is 1. The molecule has 0 aliphatic heterocycles. The van der Waals surface area contributed by atoms with Crippen LogP contribution in [-0.4, -0.2) is 25.8 Å². The van der Waals surface area contributed by atoms with Gasteiger partial charge in [0.2, 0.25) is 5.91 Å². The molecule has 5 nitrogen and oxygen atoms in total. The molecule has 15 heavy (non-hydrogen) atoms. The highest BCUT2D eigenvalue weighted by Gasteiger charge is 2.23. The third-order valence-corrected chi connectivity index (χ3v) is 3.53. The standard InChI is InChI=1S/C9H13NO4S/c1-7(15(2,12)13)9(11)10-6-8-4-3-5-14-8/h3-5,7H,6H2,1-2H3,(H,10,11)/t7-/m0/s1. The fourth-order valence-corrected chi connectivity index (χ4v) is 1.40. The molecule has 0 saturated heterocycles. The van der Waals surface area contributed by atoms with Crippen LogP contribution < -0.4 is 5.32 Å². The van der Waals surface area contributed by atoms with Crippen molar-refractivity contribution >= 4 is 15.7 Å². The van der Waals surface area contributed by atoms with E-state index in [4.69, 9.17) is 4.42 Å². The van der Waals surface area contributed by atoms with E-state index in [1.165, 1.54) is 13.2 Å². The largest absolute Gasteiger partial charge is 0.467 e. The number of amides is 1. The maximum absolute atomic E-state index is 11.4. The first-order chi connectivity index (χ1) is 6.91. The fraction of sp³-hybridized carbons (Fsp3) is 0.444. The Morgan fingerprint density at radius 1 is 1.60 bits per heavy atom. The molecule has 0 aliphatic carbocycles. The maximum atomic E-state index is 11.4. The monoisotopic (exact) mass is 231 g/mol. The van der Waals surface area contributed by atoms with Crippen LogP contribution in [0.1, 0.15) is 12.7 Å². The third-order valence-electron chi connectivity index (χ3n) is 2.03. The van der Waals surface area contributed by atoms with E-state index >= 15 is 0 Å². The Morgan fingerprint density at radius 3 is 2.73 bits per heavy atom. The number of sulfone groups is 1. The van der Waals surface area contributed by atoms with Gasteiger partial charge in [-0.25, -0.2) is 8.42 Å².